The van der Waals surface area contributed by atoms with Gasteiger partial charge in [-0.2, -0.15) is 5.26 Å². The number of para-hydroxylation sites is 6. The lowest BCUT2D eigenvalue weighted by Crippen LogP contribution is -2.09. The van der Waals surface area contributed by atoms with Gasteiger partial charge in [-0.3, -0.25) is 0 Å². The molecule has 82 heavy (non-hydrogen) atoms. The first kappa shape index (κ1) is 45.8. The maximum Gasteiger partial charge on any atom is 0.212 e. The van der Waals surface area contributed by atoms with Crippen molar-refractivity contribution in [2.24, 2.45) is 0 Å². The lowest BCUT2D eigenvalue weighted by Gasteiger charge is -2.25. The van der Waals surface area contributed by atoms with Crippen LogP contribution in [0.2, 0.25) is 0 Å². The molecule has 0 radical (unpaired) electrons. The van der Waals surface area contributed by atoms with E-state index in [1.807, 2.05) is 24.3 Å². The molecule has 0 fully saturated rings. The Morgan fingerprint density at radius 3 is 1.54 bits per heavy atom. The van der Waals surface area contributed by atoms with Crippen LogP contribution in [0.4, 0.5) is 22.7 Å². The van der Waals surface area contributed by atoms with E-state index in [-0.39, 0.29) is 0 Å². The number of fused-ring (bicyclic) bond motifs is 16. The summed E-state index contributed by atoms with van der Waals surface area (Å²) >= 11 is 1.77. The average molecular weight is 1060 g/mol. The van der Waals surface area contributed by atoms with Crippen LogP contribution in [0.3, 0.4) is 0 Å². The lowest BCUT2D eigenvalue weighted by molar-refractivity contribution is 1.13. The van der Waals surface area contributed by atoms with E-state index in [9.17, 15) is 11.8 Å². The molecule has 17 rings (SSSR count). The second kappa shape index (κ2) is 17.7. The number of hydrogen-bond acceptors (Lipinski definition) is 3. The van der Waals surface area contributed by atoms with Gasteiger partial charge in [-0.05, 0) is 121 Å². The fraction of sp³-hybridized carbons (Fsp3) is 0. The number of hydrogen-bond donors (Lipinski definition) is 0. The topological polar surface area (TPSA) is 51.1 Å². The van der Waals surface area contributed by atoms with Gasteiger partial charge in [0.25, 0.3) is 0 Å². The number of thiophene rings is 1. The van der Waals surface area contributed by atoms with E-state index in [1.165, 1.54) is 26.2 Å². The Morgan fingerprint density at radius 2 is 0.866 bits per heavy atom. The Hall–Kier alpha value is -11.2. The molecular weight excluding hydrogens is 1020 g/mol. The maximum atomic E-state index is 11.7. The van der Waals surface area contributed by atoms with Gasteiger partial charge in [0.1, 0.15) is 6.07 Å². The van der Waals surface area contributed by atoms with E-state index in [1.54, 1.807) is 11.3 Å². The molecule has 0 aliphatic heterocycles. The zero-order chi connectivity index (χ0) is 54.2. The molecule has 0 atom stereocenters. The van der Waals surface area contributed by atoms with Crippen molar-refractivity contribution in [1.82, 2.24) is 18.3 Å². The van der Waals surface area contributed by atoms with Gasteiger partial charge in [-0.15, -0.1) is 11.3 Å². The maximum absolute atomic E-state index is 11.7. The number of benzene rings is 12. The third-order valence-corrected chi connectivity index (χ3v) is 17.9. The van der Waals surface area contributed by atoms with Crippen molar-refractivity contribution in [2.75, 3.05) is 4.90 Å². The van der Waals surface area contributed by atoms with Gasteiger partial charge in [0.15, 0.2) is 0 Å². The van der Waals surface area contributed by atoms with Crippen LogP contribution in [-0.2, 0) is 0 Å². The molecule has 0 unspecified atom stereocenters. The van der Waals surface area contributed by atoms with Crippen LogP contribution in [0.15, 0.2) is 261 Å². The number of nitrogens with zero attached hydrogens (tertiary/aromatic N) is 7. The molecule has 7 nitrogen and oxygen atoms in total. The standard InChI is InChI=1S/C74H43N7S/c1-76-62-43-68(80-66-37-33-50(77(47-19-5-2-6-20-47)48-21-7-3-8-22-48)40-59(66)60-42-61-55-28-14-18-32-71(55)82-72(61)44-69(60)80)46(45-75)39-70(62)81-67-38-34-51(78-63-29-15-11-25-52(63)53-26-12-16-30-64(53)78)41-58(67)57-36-35-56-54-27-13-17-31-65(54)79(73(56)74(57)81)49-23-9-4-10-24-49/h2-44H. The Morgan fingerprint density at radius 1 is 0.341 bits per heavy atom. The summed E-state index contributed by atoms with van der Waals surface area (Å²) in [6.07, 6.45) is 0. The van der Waals surface area contributed by atoms with Gasteiger partial charge in [-0.25, -0.2) is 4.85 Å². The molecule has 380 valence electrons. The molecule has 0 saturated carbocycles. The first-order valence-electron chi connectivity index (χ1n) is 27.4. The van der Waals surface area contributed by atoms with E-state index in [4.69, 9.17) is 0 Å². The lowest BCUT2D eigenvalue weighted by atomic mass is 10.1. The summed E-state index contributed by atoms with van der Waals surface area (Å²) in [4.78, 5) is 6.74. The largest absolute Gasteiger partial charge is 0.317 e. The number of aromatic nitrogens is 4. The normalized spacial score (nSPS) is 11.9. The van der Waals surface area contributed by atoms with E-state index in [0.29, 0.717) is 22.6 Å². The molecule has 17 aromatic rings. The van der Waals surface area contributed by atoms with Gasteiger partial charge in [0.05, 0.1) is 67.6 Å². The summed E-state index contributed by atoms with van der Waals surface area (Å²) < 4.78 is 11.6. The zero-order valence-electron chi connectivity index (χ0n) is 43.9. The first-order valence-corrected chi connectivity index (χ1v) is 28.2. The highest BCUT2D eigenvalue weighted by atomic mass is 32.1. The summed E-state index contributed by atoms with van der Waals surface area (Å²) in [7, 11) is 0. The first-order chi connectivity index (χ1) is 40.6. The molecule has 5 heterocycles. The molecule has 5 aromatic heterocycles. The minimum Gasteiger partial charge on any atom is -0.317 e. The van der Waals surface area contributed by atoms with E-state index in [0.717, 1.165) is 110 Å². The zero-order valence-corrected chi connectivity index (χ0v) is 44.7. The van der Waals surface area contributed by atoms with Crippen LogP contribution >= 0.6 is 11.3 Å². The predicted molar refractivity (Wildman–Crippen MR) is 342 cm³/mol. The van der Waals surface area contributed by atoms with Gasteiger partial charge in [-0.1, -0.05) is 140 Å². The quantitative estimate of drug-likeness (QED) is 0.149. The van der Waals surface area contributed by atoms with Gasteiger partial charge < -0.3 is 23.2 Å². The fourth-order valence-corrected chi connectivity index (χ4v) is 14.4. The third-order valence-electron chi connectivity index (χ3n) is 16.7. The van der Waals surface area contributed by atoms with Gasteiger partial charge in [0.2, 0.25) is 5.69 Å². The second-order valence-corrected chi connectivity index (χ2v) is 22.1. The van der Waals surface area contributed by atoms with E-state index < -0.39 is 0 Å². The van der Waals surface area contributed by atoms with Crippen LogP contribution in [0.5, 0.6) is 0 Å². The van der Waals surface area contributed by atoms with Crippen molar-refractivity contribution in [3.63, 3.8) is 0 Å². The minimum atomic E-state index is 0.424. The second-order valence-electron chi connectivity index (χ2n) is 21.0. The summed E-state index contributed by atoms with van der Waals surface area (Å²) in [5.41, 5.74) is 15.4. The molecule has 12 aromatic carbocycles. The van der Waals surface area contributed by atoms with Crippen molar-refractivity contribution in [2.45, 2.75) is 0 Å². The molecule has 0 bridgehead atoms. The fourth-order valence-electron chi connectivity index (χ4n) is 13.3. The van der Waals surface area contributed by atoms with Crippen molar-refractivity contribution in [3.05, 3.63) is 278 Å². The Bertz CT molecular complexity index is 5520. The number of anilines is 3. The molecule has 0 aliphatic rings. The van der Waals surface area contributed by atoms with Crippen molar-refractivity contribution in [1.29, 1.82) is 5.26 Å². The number of rotatable bonds is 7. The molecule has 0 aliphatic carbocycles. The van der Waals surface area contributed by atoms with E-state index >= 15 is 0 Å². The van der Waals surface area contributed by atoms with Crippen LogP contribution in [0, 0.1) is 17.9 Å². The van der Waals surface area contributed by atoms with Crippen LogP contribution in [-0.4, -0.2) is 18.3 Å². The summed E-state index contributed by atoms with van der Waals surface area (Å²) in [6, 6.07) is 95.1. The minimum absolute atomic E-state index is 0.424. The van der Waals surface area contributed by atoms with Crippen LogP contribution in [0.25, 0.3) is 135 Å². The van der Waals surface area contributed by atoms with Crippen LogP contribution in [0.1, 0.15) is 5.56 Å². The monoisotopic (exact) mass is 1060 g/mol. The molecule has 0 amide bonds. The van der Waals surface area contributed by atoms with E-state index in [2.05, 4.69) is 271 Å². The Labute approximate surface area is 473 Å². The summed E-state index contributed by atoms with van der Waals surface area (Å²) in [6.45, 7) is 9.20. The van der Waals surface area contributed by atoms with Gasteiger partial charge >= 0.3 is 0 Å². The highest BCUT2D eigenvalue weighted by Gasteiger charge is 2.27. The molecular formula is C74H43N7S. The predicted octanol–water partition coefficient (Wildman–Crippen LogP) is 20.3. The number of nitriles is 1. The molecule has 0 spiro atoms. The summed E-state index contributed by atoms with van der Waals surface area (Å²) in [5.74, 6) is 0. The highest BCUT2D eigenvalue weighted by molar-refractivity contribution is 7.25. The Balaban J connectivity index is 0.962. The van der Waals surface area contributed by atoms with Gasteiger partial charge in [0, 0.05) is 91.7 Å². The summed E-state index contributed by atoms with van der Waals surface area (Å²) in [5, 5.41) is 22.9. The van der Waals surface area contributed by atoms with Crippen molar-refractivity contribution < 1.29 is 0 Å². The average Bonchev–Trinajstić information content (AvgIpc) is 3.47. The molecule has 8 heteroatoms. The van der Waals surface area contributed by atoms with Crippen LogP contribution < -0.4 is 4.90 Å². The molecule has 0 saturated heterocycles. The highest BCUT2D eigenvalue weighted by Crippen LogP contribution is 2.48. The SMILES string of the molecule is [C-]#[N+]c1cc(-n2c3ccc(N(c4ccccc4)c4ccccc4)cc3c3cc4c(cc32)sc2ccccc24)c(C#N)cc1-n1c2ccc(-n3c4ccccc4c4ccccc43)cc2c2ccc3c4ccccc4n(-c4ccccc4)c3c21. The molecule has 0 N–H and O–H groups in total. The van der Waals surface area contributed by atoms with Crippen molar-refractivity contribution >= 4 is 141 Å². The Kier molecular flexibility index (Phi) is 9.88. The van der Waals surface area contributed by atoms with Crippen molar-refractivity contribution in [3.8, 4) is 28.8 Å². The third kappa shape index (κ3) is 6.56. The smallest absolute Gasteiger partial charge is 0.212 e.